The van der Waals surface area contributed by atoms with Gasteiger partial charge < -0.3 is 10.5 Å². The van der Waals surface area contributed by atoms with Gasteiger partial charge in [0.25, 0.3) is 0 Å². The van der Waals surface area contributed by atoms with E-state index in [0.717, 1.165) is 11.1 Å². The Bertz CT molecular complexity index is 972. The lowest BCUT2D eigenvalue weighted by molar-refractivity contribution is -0.383. The van der Waals surface area contributed by atoms with Gasteiger partial charge in [0.2, 0.25) is 5.30 Å². The zero-order valence-electron chi connectivity index (χ0n) is 16.4. The van der Waals surface area contributed by atoms with E-state index in [2.05, 4.69) is 0 Å². The molecule has 0 aliphatic carbocycles. The number of nitro groups is 1. The van der Waals surface area contributed by atoms with Crippen molar-refractivity contribution in [2.24, 2.45) is 0 Å². The molecule has 156 valence electrons. The first-order valence-corrected chi connectivity index (χ1v) is 11.3. The number of anilines is 1. The predicted molar refractivity (Wildman–Crippen MR) is 118 cm³/mol. The SMILES string of the molecule is Nc1ccc([N+](=O)[O-])c([P+](O)(CCOCc2ccccc2)OCc2ccccc2)c1. The van der Waals surface area contributed by atoms with Gasteiger partial charge in [0.1, 0.15) is 12.8 Å². The van der Waals surface area contributed by atoms with Crippen LogP contribution >= 0.6 is 7.72 Å². The van der Waals surface area contributed by atoms with Crippen molar-refractivity contribution in [3.05, 3.63) is 100 Å². The second-order valence-corrected chi connectivity index (χ2v) is 9.32. The lowest BCUT2D eigenvalue weighted by atomic mass is 10.2. The Morgan fingerprint density at radius 3 is 2.13 bits per heavy atom. The summed E-state index contributed by atoms with van der Waals surface area (Å²) in [5.41, 5.74) is 7.82. The third kappa shape index (κ3) is 5.84. The first-order chi connectivity index (χ1) is 14.5. The molecule has 0 saturated carbocycles. The molecular weight excluding hydrogens is 403 g/mol. The molecule has 0 spiro atoms. The van der Waals surface area contributed by atoms with Crippen molar-refractivity contribution in [1.82, 2.24) is 0 Å². The van der Waals surface area contributed by atoms with Crippen LogP contribution in [0.1, 0.15) is 11.1 Å². The lowest BCUT2D eigenvalue weighted by Crippen LogP contribution is -2.22. The number of benzene rings is 3. The third-order valence-electron chi connectivity index (χ3n) is 4.51. The second-order valence-electron chi connectivity index (χ2n) is 6.73. The minimum atomic E-state index is -3.37. The number of nitrogens with two attached hydrogens (primary N) is 1. The zero-order valence-corrected chi connectivity index (χ0v) is 17.3. The van der Waals surface area contributed by atoms with Crippen LogP contribution in [0.4, 0.5) is 11.4 Å². The standard InChI is InChI=1S/C22H24N2O5P/c23-20-11-12-21(24(25)26)22(15-20)30(27,29-17-19-9-5-2-6-10-19)14-13-28-16-18-7-3-1-4-8-18/h1-12,15,27H,13-14,16-17,23H2/q+1. The van der Waals surface area contributed by atoms with Crippen molar-refractivity contribution in [3.63, 3.8) is 0 Å². The average Bonchev–Trinajstić information content (AvgIpc) is 2.76. The van der Waals surface area contributed by atoms with Gasteiger partial charge in [-0.25, -0.2) is 4.89 Å². The third-order valence-corrected chi connectivity index (χ3v) is 6.97. The molecule has 3 aromatic carbocycles. The van der Waals surface area contributed by atoms with Gasteiger partial charge in [-0.15, -0.1) is 0 Å². The van der Waals surface area contributed by atoms with Crippen LogP contribution in [-0.2, 0) is 22.5 Å². The first kappa shape index (κ1) is 21.9. The normalized spacial score (nSPS) is 13.0. The maximum Gasteiger partial charge on any atom is 0.316 e. The quantitative estimate of drug-likeness (QED) is 0.166. The van der Waals surface area contributed by atoms with Crippen molar-refractivity contribution in [2.45, 2.75) is 13.2 Å². The maximum absolute atomic E-state index is 11.6. The van der Waals surface area contributed by atoms with E-state index in [0.29, 0.717) is 12.3 Å². The van der Waals surface area contributed by atoms with Gasteiger partial charge in [-0.3, -0.25) is 10.1 Å². The summed E-state index contributed by atoms with van der Waals surface area (Å²) >= 11 is 0. The number of hydrogen-bond acceptors (Lipinski definition) is 6. The van der Waals surface area contributed by atoms with Crippen LogP contribution < -0.4 is 11.0 Å². The van der Waals surface area contributed by atoms with Crippen molar-refractivity contribution in [2.75, 3.05) is 18.5 Å². The van der Waals surface area contributed by atoms with E-state index >= 15 is 0 Å². The average molecular weight is 427 g/mol. The summed E-state index contributed by atoms with van der Waals surface area (Å²) in [5.74, 6) is 0. The zero-order chi connectivity index (χ0) is 21.4. The van der Waals surface area contributed by atoms with Gasteiger partial charge in [0.15, 0.2) is 0 Å². The fourth-order valence-electron chi connectivity index (χ4n) is 2.94. The number of hydrogen-bond donors (Lipinski definition) is 2. The minimum Gasteiger partial charge on any atom is -0.399 e. The van der Waals surface area contributed by atoms with Gasteiger partial charge in [0.05, 0.1) is 18.1 Å². The van der Waals surface area contributed by atoms with E-state index in [1.807, 2.05) is 60.7 Å². The summed E-state index contributed by atoms with van der Waals surface area (Å²) in [6.45, 7) is 0.675. The van der Waals surface area contributed by atoms with Gasteiger partial charge >= 0.3 is 13.4 Å². The van der Waals surface area contributed by atoms with Crippen molar-refractivity contribution >= 4 is 24.4 Å². The molecule has 1 unspecified atom stereocenters. The van der Waals surface area contributed by atoms with Crippen LogP contribution in [-0.4, -0.2) is 22.6 Å². The Balaban J connectivity index is 1.79. The van der Waals surface area contributed by atoms with E-state index in [1.165, 1.54) is 18.2 Å². The molecule has 0 radical (unpaired) electrons. The van der Waals surface area contributed by atoms with Gasteiger partial charge in [-0.1, -0.05) is 60.7 Å². The highest BCUT2D eigenvalue weighted by molar-refractivity contribution is 7.73. The van der Waals surface area contributed by atoms with Crippen LogP contribution in [0.2, 0.25) is 0 Å². The highest BCUT2D eigenvalue weighted by Gasteiger charge is 2.47. The molecule has 7 nitrogen and oxygen atoms in total. The molecule has 0 aromatic heterocycles. The molecule has 0 amide bonds. The smallest absolute Gasteiger partial charge is 0.316 e. The molecule has 3 N–H and O–H groups in total. The molecular formula is C22H24N2O5P+. The topological polar surface area (TPSA) is 108 Å². The Labute approximate surface area is 175 Å². The monoisotopic (exact) mass is 427 g/mol. The Morgan fingerprint density at radius 2 is 1.53 bits per heavy atom. The number of nitrogen functional groups attached to an aromatic ring is 1. The van der Waals surface area contributed by atoms with Crippen molar-refractivity contribution in [1.29, 1.82) is 0 Å². The Morgan fingerprint density at radius 1 is 0.933 bits per heavy atom. The van der Waals surface area contributed by atoms with Crippen molar-refractivity contribution in [3.8, 4) is 0 Å². The Kier molecular flexibility index (Phi) is 7.49. The number of ether oxygens (including phenoxy) is 1. The summed E-state index contributed by atoms with van der Waals surface area (Å²) in [7, 11) is -3.37. The van der Waals surface area contributed by atoms with E-state index in [-0.39, 0.29) is 30.4 Å². The molecule has 3 rings (SSSR count). The van der Waals surface area contributed by atoms with Gasteiger partial charge in [-0.2, -0.15) is 4.52 Å². The minimum absolute atomic E-state index is 0.108. The highest BCUT2D eigenvalue weighted by atomic mass is 31.2. The maximum atomic E-state index is 11.6. The summed E-state index contributed by atoms with van der Waals surface area (Å²) in [6, 6.07) is 23.1. The van der Waals surface area contributed by atoms with Crippen LogP contribution in [0, 0.1) is 10.1 Å². The Hall–Kier alpha value is -2.83. The molecule has 30 heavy (non-hydrogen) atoms. The summed E-state index contributed by atoms with van der Waals surface area (Å²) < 4.78 is 11.6. The molecule has 0 heterocycles. The largest absolute Gasteiger partial charge is 0.399 e. The molecule has 1 atom stereocenters. The van der Waals surface area contributed by atoms with Crippen molar-refractivity contribution < 1.29 is 19.1 Å². The van der Waals surface area contributed by atoms with Crippen LogP contribution in [0.15, 0.2) is 78.9 Å². The summed E-state index contributed by atoms with van der Waals surface area (Å²) in [5, 5.41) is 11.7. The molecule has 0 aliphatic rings. The number of nitro benzene ring substituents is 1. The second kappa shape index (κ2) is 10.3. The first-order valence-electron chi connectivity index (χ1n) is 9.43. The number of rotatable bonds is 10. The van der Waals surface area contributed by atoms with Crippen LogP contribution in [0.5, 0.6) is 0 Å². The lowest BCUT2D eigenvalue weighted by Gasteiger charge is -2.19. The predicted octanol–water partition coefficient (Wildman–Crippen LogP) is 4.08. The fraction of sp³-hybridized carbons (Fsp3) is 0.182. The van der Waals surface area contributed by atoms with E-state index in [9.17, 15) is 15.0 Å². The summed E-state index contributed by atoms with van der Waals surface area (Å²) in [4.78, 5) is 22.5. The molecule has 0 saturated heterocycles. The molecule has 3 aromatic rings. The molecule has 0 aliphatic heterocycles. The van der Waals surface area contributed by atoms with E-state index < -0.39 is 12.6 Å². The van der Waals surface area contributed by atoms with Gasteiger partial charge in [-0.05, 0) is 17.2 Å². The fourth-order valence-corrected chi connectivity index (χ4v) is 5.05. The van der Waals surface area contributed by atoms with Gasteiger partial charge in [0, 0.05) is 17.8 Å². The molecule has 8 heteroatoms. The summed E-state index contributed by atoms with van der Waals surface area (Å²) in [6.07, 6.45) is 0.108. The molecule has 0 bridgehead atoms. The molecule has 0 fully saturated rings. The number of nitrogens with zero attached hydrogens (tertiary/aromatic N) is 1. The van der Waals surface area contributed by atoms with Crippen LogP contribution in [0.25, 0.3) is 0 Å². The van der Waals surface area contributed by atoms with E-state index in [4.69, 9.17) is 15.0 Å². The van der Waals surface area contributed by atoms with E-state index in [1.54, 1.807) is 0 Å². The van der Waals surface area contributed by atoms with Crippen LogP contribution in [0.3, 0.4) is 0 Å². The highest BCUT2D eigenvalue weighted by Crippen LogP contribution is 2.57.